The molecule has 5 heteroatoms. The third-order valence-electron chi connectivity index (χ3n) is 2.03. The zero-order valence-corrected chi connectivity index (χ0v) is 9.74. The highest BCUT2D eigenvalue weighted by Crippen LogP contribution is 2.34. The molecule has 78 valence electrons. The standard InChI is InChI=1S/C9H10Cl2O2S/c10-8-2-1-7(14-8)9(11)6-5-12-3-4-13-6/h1-2,6,9H,3-5H2. The van der Waals surface area contributed by atoms with E-state index in [0.29, 0.717) is 19.8 Å². The zero-order chi connectivity index (χ0) is 9.97. The lowest BCUT2D eigenvalue weighted by atomic mass is 10.2. The number of halogens is 2. The van der Waals surface area contributed by atoms with Crippen LogP contribution in [0.3, 0.4) is 0 Å². The number of hydrogen-bond donors (Lipinski definition) is 0. The summed E-state index contributed by atoms with van der Waals surface area (Å²) in [6.07, 6.45) is -0.0554. The SMILES string of the molecule is Clc1ccc(C(Cl)C2COCCO2)s1. The molecule has 0 spiro atoms. The molecule has 0 aliphatic carbocycles. The molecule has 2 heterocycles. The topological polar surface area (TPSA) is 18.5 Å². The van der Waals surface area contributed by atoms with Crippen LogP contribution < -0.4 is 0 Å². The summed E-state index contributed by atoms with van der Waals surface area (Å²) in [5.74, 6) is 0. The van der Waals surface area contributed by atoms with Gasteiger partial charge in [-0.05, 0) is 12.1 Å². The molecule has 1 aromatic heterocycles. The summed E-state index contributed by atoms with van der Waals surface area (Å²) in [6.45, 7) is 1.84. The highest BCUT2D eigenvalue weighted by molar-refractivity contribution is 7.16. The van der Waals surface area contributed by atoms with E-state index < -0.39 is 0 Å². The van der Waals surface area contributed by atoms with Crippen LogP contribution in [-0.4, -0.2) is 25.9 Å². The Bertz CT molecular complexity index is 297. The number of ether oxygens (including phenoxy) is 2. The summed E-state index contributed by atoms with van der Waals surface area (Å²) in [5.41, 5.74) is 0. The van der Waals surface area contributed by atoms with Crippen molar-refractivity contribution in [2.45, 2.75) is 11.5 Å². The fourth-order valence-electron chi connectivity index (χ4n) is 1.33. The molecule has 2 nitrogen and oxygen atoms in total. The molecule has 1 saturated heterocycles. The first-order valence-corrected chi connectivity index (χ1v) is 5.99. The Hall–Kier alpha value is 0.200. The van der Waals surface area contributed by atoms with E-state index in [1.165, 1.54) is 11.3 Å². The monoisotopic (exact) mass is 252 g/mol. The van der Waals surface area contributed by atoms with Gasteiger partial charge in [0.2, 0.25) is 0 Å². The van der Waals surface area contributed by atoms with E-state index in [2.05, 4.69) is 0 Å². The minimum absolute atomic E-state index is 0.0554. The van der Waals surface area contributed by atoms with Gasteiger partial charge in [0.15, 0.2) is 0 Å². The Balaban J connectivity index is 2.03. The third-order valence-corrected chi connectivity index (χ3v) is 3.99. The van der Waals surface area contributed by atoms with Crippen LogP contribution in [0.15, 0.2) is 12.1 Å². The van der Waals surface area contributed by atoms with Crippen LogP contribution in [0.4, 0.5) is 0 Å². The van der Waals surface area contributed by atoms with Gasteiger partial charge >= 0.3 is 0 Å². The maximum absolute atomic E-state index is 6.25. The Morgan fingerprint density at radius 2 is 2.29 bits per heavy atom. The second-order valence-electron chi connectivity index (χ2n) is 3.03. The molecule has 1 fully saturated rings. The summed E-state index contributed by atoms with van der Waals surface area (Å²) < 4.78 is 11.6. The number of alkyl halides is 1. The molecule has 2 atom stereocenters. The first-order valence-electron chi connectivity index (χ1n) is 4.36. The van der Waals surface area contributed by atoms with Gasteiger partial charge in [0.05, 0.1) is 29.5 Å². The maximum atomic E-state index is 6.25. The normalized spacial score (nSPS) is 24.9. The van der Waals surface area contributed by atoms with Crippen LogP contribution in [0.2, 0.25) is 4.34 Å². The van der Waals surface area contributed by atoms with E-state index in [1.54, 1.807) is 0 Å². The average Bonchev–Trinajstić information content (AvgIpc) is 2.65. The molecule has 2 rings (SSSR count). The molecule has 0 bridgehead atoms. The van der Waals surface area contributed by atoms with Gasteiger partial charge in [-0.2, -0.15) is 0 Å². The van der Waals surface area contributed by atoms with E-state index in [-0.39, 0.29) is 11.5 Å². The first kappa shape index (κ1) is 10.7. The molecule has 0 amide bonds. The van der Waals surface area contributed by atoms with E-state index in [9.17, 15) is 0 Å². The summed E-state index contributed by atoms with van der Waals surface area (Å²) in [4.78, 5) is 1.03. The lowest BCUT2D eigenvalue weighted by Crippen LogP contribution is -2.31. The molecule has 1 aliphatic rings. The molecule has 1 aliphatic heterocycles. The number of thiophene rings is 1. The smallest absolute Gasteiger partial charge is 0.102 e. The molecular weight excluding hydrogens is 243 g/mol. The first-order chi connectivity index (χ1) is 6.77. The summed E-state index contributed by atoms with van der Waals surface area (Å²) in [6, 6.07) is 3.78. The Morgan fingerprint density at radius 3 is 2.86 bits per heavy atom. The zero-order valence-electron chi connectivity index (χ0n) is 7.41. The fourth-order valence-corrected chi connectivity index (χ4v) is 2.78. The van der Waals surface area contributed by atoms with E-state index in [0.717, 1.165) is 9.21 Å². The largest absolute Gasteiger partial charge is 0.376 e. The minimum Gasteiger partial charge on any atom is -0.376 e. The minimum atomic E-state index is -0.159. The number of rotatable bonds is 2. The van der Waals surface area contributed by atoms with Gasteiger partial charge < -0.3 is 9.47 Å². The average molecular weight is 253 g/mol. The molecule has 0 N–H and O–H groups in total. The van der Waals surface area contributed by atoms with Crippen molar-refractivity contribution in [3.8, 4) is 0 Å². The van der Waals surface area contributed by atoms with Crippen LogP contribution in [0, 0.1) is 0 Å². The van der Waals surface area contributed by atoms with Gasteiger partial charge in [-0.3, -0.25) is 0 Å². The second kappa shape index (κ2) is 4.81. The van der Waals surface area contributed by atoms with Gasteiger partial charge in [0.25, 0.3) is 0 Å². The van der Waals surface area contributed by atoms with Gasteiger partial charge in [-0.25, -0.2) is 0 Å². The van der Waals surface area contributed by atoms with E-state index >= 15 is 0 Å². The predicted octanol–water partition coefficient (Wildman–Crippen LogP) is 3.10. The summed E-state index contributed by atoms with van der Waals surface area (Å²) >= 11 is 13.6. The quantitative estimate of drug-likeness (QED) is 0.754. The molecular formula is C9H10Cl2O2S. The van der Waals surface area contributed by atoms with Gasteiger partial charge in [0.1, 0.15) is 6.10 Å². The van der Waals surface area contributed by atoms with Crippen LogP contribution in [-0.2, 0) is 9.47 Å². The lowest BCUT2D eigenvalue weighted by Gasteiger charge is -2.26. The number of hydrogen-bond acceptors (Lipinski definition) is 3. The molecule has 0 saturated carbocycles. The predicted molar refractivity (Wildman–Crippen MR) is 58.5 cm³/mol. The molecule has 0 radical (unpaired) electrons. The van der Waals surface area contributed by atoms with Crippen molar-refractivity contribution in [1.29, 1.82) is 0 Å². The Labute approximate surface area is 96.7 Å². The summed E-state index contributed by atoms with van der Waals surface area (Å²) in [7, 11) is 0. The molecule has 2 unspecified atom stereocenters. The maximum Gasteiger partial charge on any atom is 0.102 e. The van der Waals surface area contributed by atoms with E-state index in [4.69, 9.17) is 32.7 Å². The Morgan fingerprint density at radius 1 is 1.43 bits per heavy atom. The van der Waals surface area contributed by atoms with Crippen molar-refractivity contribution >= 4 is 34.5 Å². The Kier molecular flexibility index (Phi) is 3.68. The highest BCUT2D eigenvalue weighted by atomic mass is 35.5. The van der Waals surface area contributed by atoms with Gasteiger partial charge in [-0.15, -0.1) is 22.9 Å². The van der Waals surface area contributed by atoms with Crippen molar-refractivity contribution in [2.24, 2.45) is 0 Å². The van der Waals surface area contributed by atoms with Crippen LogP contribution in [0.1, 0.15) is 10.3 Å². The van der Waals surface area contributed by atoms with Crippen LogP contribution in [0.5, 0.6) is 0 Å². The van der Waals surface area contributed by atoms with Crippen molar-refractivity contribution in [2.75, 3.05) is 19.8 Å². The van der Waals surface area contributed by atoms with E-state index in [1.807, 2.05) is 12.1 Å². The molecule has 0 aromatic carbocycles. The molecule has 14 heavy (non-hydrogen) atoms. The van der Waals surface area contributed by atoms with Crippen molar-refractivity contribution in [3.05, 3.63) is 21.3 Å². The van der Waals surface area contributed by atoms with Gasteiger partial charge in [-0.1, -0.05) is 11.6 Å². The summed E-state index contributed by atoms with van der Waals surface area (Å²) in [5, 5.41) is -0.159. The van der Waals surface area contributed by atoms with Crippen LogP contribution >= 0.6 is 34.5 Å². The fraction of sp³-hybridized carbons (Fsp3) is 0.556. The van der Waals surface area contributed by atoms with Crippen molar-refractivity contribution < 1.29 is 9.47 Å². The highest BCUT2D eigenvalue weighted by Gasteiger charge is 2.25. The van der Waals surface area contributed by atoms with Crippen LogP contribution in [0.25, 0.3) is 0 Å². The molecule has 1 aromatic rings. The third kappa shape index (κ3) is 2.41. The van der Waals surface area contributed by atoms with Crippen molar-refractivity contribution in [3.63, 3.8) is 0 Å². The van der Waals surface area contributed by atoms with Crippen molar-refractivity contribution in [1.82, 2.24) is 0 Å². The van der Waals surface area contributed by atoms with Gasteiger partial charge in [0, 0.05) is 4.88 Å². The lowest BCUT2D eigenvalue weighted by molar-refractivity contribution is -0.0889. The second-order valence-corrected chi connectivity index (χ2v) is 5.24.